The van der Waals surface area contributed by atoms with Crippen molar-refractivity contribution < 1.29 is 17.9 Å². The Morgan fingerprint density at radius 1 is 1.40 bits per heavy atom. The van der Waals surface area contributed by atoms with Gasteiger partial charge < -0.3 is 10.2 Å². The lowest BCUT2D eigenvalue weighted by molar-refractivity contribution is -0.274. The zero-order valence-electron chi connectivity index (χ0n) is 7.44. The van der Waals surface area contributed by atoms with Crippen molar-refractivity contribution in [2.45, 2.75) is 12.2 Å². The number of nitrogens with one attached hydrogen (secondary N) is 1. The number of ether oxygens (including phenoxy) is 1. The van der Waals surface area contributed by atoms with Gasteiger partial charge in [0, 0.05) is 5.88 Å². The van der Waals surface area contributed by atoms with Crippen molar-refractivity contribution in [1.29, 1.82) is 0 Å². The van der Waals surface area contributed by atoms with Gasteiger partial charge in [0.15, 0.2) is 5.75 Å². The highest BCUT2D eigenvalue weighted by Gasteiger charge is 2.32. The molecule has 0 aliphatic heterocycles. The maximum Gasteiger partial charge on any atom is 0.573 e. The molecular weight excluding hydrogens is 233 g/mol. The van der Waals surface area contributed by atoms with Crippen LogP contribution >= 0.6 is 11.6 Å². The van der Waals surface area contributed by atoms with Gasteiger partial charge in [-0.15, -0.1) is 24.8 Å². The minimum absolute atomic E-state index is 0.0322. The molecule has 0 amide bonds. The van der Waals surface area contributed by atoms with E-state index in [1.54, 1.807) is 6.07 Å². The summed E-state index contributed by atoms with van der Waals surface area (Å²) in [5.41, 5.74) is 2.59. The fraction of sp³-hybridized carbons (Fsp3) is 0.250. The van der Waals surface area contributed by atoms with E-state index in [-0.39, 0.29) is 11.6 Å². The molecule has 0 saturated heterocycles. The number of nitrogens with two attached hydrogens (primary N) is 1. The van der Waals surface area contributed by atoms with Crippen molar-refractivity contribution in [2.24, 2.45) is 5.84 Å². The van der Waals surface area contributed by atoms with E-state index in [1.807, 2.05) is 0 Å². The SMILES string of the molecule is NNc1c(CCl)cccc1OC(F)(F)F. The standard InChI is InChI=1S/C8H8ClF3N2O/c9-4-5-2-1-3-6(7(5)14-13)15-8(10,11)12/h1-3,14H,4,13H2. The van der Waals surface area contributed by atoms with Gasteiger partial charge in [0.2, 0.25) is 0 Å². The monoisotopic (exact) mass is 240 g/mol. The van der Waals surface area contributed by atoms with Gasteiger partial charge in [-0.05, 0) is 11.6 Å². The van der Waals surface area contributed by atoms with Gasteiger partial charge in [-0.25, -0.2) is 0 Å². The van der Waals surface area contributed by atoms with Gasteiger partial charge in [0.25, 0.3) is 0 Å². The van der Waals surface area contributed by atoms with Crippen LogP contribution in [0, 0.1) is 0 Å². The average molecular weight is 241 g/mol. The number of hydrogen-bond donors (Lipinski definition) is 2. The van der Waals surface area contributed by atoms with Crippen LogP contribution in [0.3, 0.4) is 0 Å². The number of nitrogen functional groups attached to an aromatic ring is 1. The highest BCUT2D eigenvalue weighted by Crippen LogP contribution is 2.32. The fourth-order valence-electron chi connectivity index (χ4n) is 1.06. The molecule has 0 aromatic heterocycles. The number of benzene rings is 1. The number of para-hydroxylation sites is 1. The van der Waals surface area contributed by atoms with Gasteiger partial charge in [-0.3, -0.25) is 5.84 Å². The van der Waals surface area contributed by atoms with Crippen molar-refractivity contribution in [3.8, 4) is 5.75 Å². The lowest BCUT2D eigenvalue weighted by atomic mass is 10.2. The first kappa shape index (κ1) is 11.9. The lowest BCUT2D eigenvalue weighted by Gasteiger charge is -2.14. The number of halogens is 4. The first-order valence-electron chi connectivity index (χ1n) is 3.88. The topological polar surface area (TPSA) is 47.3 Å². The summed E-state index contributed by atoms with van der Waals surface area (Å²) in [6.07, 6.45) is -4.75. The van der Waals surface area contributed by atoms with Crippen LogP contribution in [0.4, 0.5) is 18.9 Å². The van der Waals surface area contributed by atoms with Crippen LogP contribution in [0.2, 0.25) is 0 Å². The van der Waals surface area contributed by atoms with Crippen LogP contribution in [-0.4, -0.2) is 6.36 Å². The fourth-order valence-corrected chi connectivity index (χ4v) is 1.28. The summed E-state index contributed by atoms with van der Waals surface area (Å²) in [6.45, 7) is 0. The van der Waals surface area contributed by atoms with Gasteiger partial charge in [-0.2, -0.15) is 0 Å². The van der Waals surface area contributed by atoms with E-state index in [2.05, 4.69) is 10.2 Å². The third-order valence-electron chi connectivity index (χ3n) is 1.63. The highest BCUT2D eigenvalue weighted by atomic mass is 35.5. The molecule has 1 aromatic rings. The first-order chi connectivity index (χ1) is 6.98. The van der Waals surface area contributed by atoms with E-state index in [0.717, 1.165) is 6.07 Å². The van der Waals surface area contributed by atoms with Crippen molar-refractivity contribution in [1.82, 2.24) is 0 Å². The van der Waals surface area contributed by atoms with Crippen molar-refractivity contribution in [3.05, 3.63) is 23.8 Å². The van der Waals surface area contributed by atoms with Crippen LogP contribution in [0.5, 0.6) is 5.75 Å². The molecule has 0 fully saturated rings. The molecule has 0 aliphatic rings. The van der Waals surface area contributed by atoms with Crippen LogP contribution in [-0.2, 0) is 5.88 Å². The summed E-state index contributed by atoms with van der Waals surface area (Å²) < 4.78 is 39.7. The molecule has 3 N–H and O–H groups in total. The Morgan fingerprint density at radius 2 is 2.07 bits per heavy atom. The quantitative estimate of drug-likeness (QED) is 0.485. The molecule has 0 radical (unpaired) electrons. The third kappa shape index (κ3) is 3.17. The van der Waals surface area contributed by atoms with Crippen LogP contribution in [0.25, 0.3) is 0 Å². The average Bonchev–Trinajstić information content (AvgIpc) is 2.15. The Labute approximate surface area is 88.9 Å². The Morgan fingerprint density at radius 3 is 2.53 bits per heavy atom. The Kier molecular flexibility index (Phi) is 3.65. The molecule has 0 saturated carbocycles. The summed E-state index contributed by atoms with van der Waals surface area (Å²) in [5, 5.41) is 0. The summed E-state index contributed by atoms with van der Waals surface area (Å²) >= 11 is 5.52. The number of hydrogen-bond acceptors (Lipinski definition) is 3. The minimum atomic E-state index is -4.75. The number of alkyl halides is 4. The van der Waals surface area contributed by atoms with Crippen LogP contribution in [0.15, 0.2) is 18.2 Å². The largest absolute Gasteiger partial charge is 0.573 e. The van der Waals surface area contributed by atoms with Gasteiger partial charge in [0.05, 0.1) is 5.69 Å². The van der Waals surface area contributed by atoms with Crippen LogP contribution in [0.1, 0.15) is 5.56 Å². The molecule has 0 spiro atoms. The first-order valence-corrected chi connectivity index (χ1v) is 4.41. The van der Waals surface area contributed by atoms with Gasteiger partial charge in [0.1, 0.15) is 0 Å². The minimum Gasteiger partial charge on any atom is -0.404 e. The maximum atomic E-state index is 12.0. The van der Waals surface area contributed by atoms with E-state index in [9.17, 15) is 13.2 Å². The number of anilines is 1. The molecule has 7 heteroatoms. The Hall–Kier alpha value is -1.14. The van der Waals surface area contributed by atoms with Crippen molar-refractivity contribution >= 4 is 17.3 Å². The molecule has 1 aromatic carbocycles. The number of hydrazine groups is 1. The smallest absolute Gasteiger partial charge is 0.404 e. The predicted molar refractivity (Wildman–Crippen MR) is 50.5 cm³/mol. The second kappa shape index (κ2) is 4.59. The summed E-state index contributed by atoms with van der Waals surface area (Å²) in [4.78, 5) is 0. The zero-order chi connectivity index (χ0) is 11.5. The maximum absolute atomic E-state index is 12.0. The third-order valence-corrected chi connectivity index (χ3v) is 1.91. The molecule has 84 valence electrons. The van der Waals surface area contributed by atoms with E-state index in [1.165, 1.54) is 6.07 Å². The zero-order valence-corrected chi connectivity index (χ0v) is 8.19. The van der Waals surface area contributed by atoms with Gasteiger partial charge >= 0.3 is 6.36 Å². The number of rotatable bonds is 3. The lowest BCUT2D eigenvalue weighted by Crippen LogP contribution is -2.19. The molecule has 0 atom stereocenters. The molecule has 0 bridgehead atoms. The molecule has 1 rings (SSSR count). The Balaban J connectivity index is 3.06. The van der Waals surface area contributed by atoms with Crippen molar-refractivity contribution in [2.75, 3.05) is 5.43 Å². The highest BCUT2D eigenvalue weighted by molar-refractivity contribution is 6.17. The van der Waals surface area contributed by atoms with Crippen LogP contribution < -0.4 is 16.0 Å². The van der Waals surface area contributed by atoms with E-state index >= 15 is 0 Å². The normalized spacial score (nSPS) is 11.3. The second-order valence-corrected chi connectivity index (χ2v) is 2.88. The van der Waals surface area contributed by atoms with E-state index in [0.29, 0.717) is 5.56 Å². The van der Waals surface area contributed by atoms with E-state index in [4.69, 9.17) is 17.4 Å². The predicted octanol–water partition coefficient (Wildman–Crippen LogP) is 2.61. The summed E-state index contributed by atoms with van der Waals surface area (Å²) in [7, 11) is 0. The molecule has 0 heterocycles. The summed E-state index contributed by atoms with van der Waals surface area (Å²) in [5.74, 6) is 4.73. The Bertz CT molecular complexity index is 343. The van der Waals surface area contributed by atoms with Gasteiger partial charge in [-0.1, -0.05) is 12.1 Å². The summed E-state index contributed by atoms with van der Waals surface area (Å²) in [6, 6.07) is 4.10. The molecule has 3 nitrogen and oxygen atoms in total. The molecule has 0 unspecified atom stereocenters. The molecular formula is C8H8ClF3N2O. The van der Waals surface area contributed by atoms with E-state index < -0.39 is 12.1 Å². The van der Waals surface area contributed by atoms with Crippen molar-refractivity contribution in [3.63, 3.8) is 0 Å². The molecule has 0 aliphatic carbocycles. The second-order valence-electron chi connectivity index (χ2n) is 2.62. The molecule has 15 heavy (non-hydrogen) atoms.